The molecule has 0 atom stereocenters. The summed E-state index contributed by atoms with van der Waals surface area (Å²) >= 11 is 0. The number of anilines is 3. The summed E-state index contributed by atoms with van der Waals surface area (Å²) in [5, 5.41) is 4.83. The Labute approximate surface area is 347 Å². The minimum Gasteiger partial charge on any atom is -0.309 e. The minimum absolute atomic E-state index is 0.630. The quantitative estimate of drug-likeness (QED) is 0.175. The van der Waals surface area contributed by atoms with E-state index in [2.05, 4.69) is 161 Å². The number of benzene rings is 9. The summed E-state index contributed by atoms with van der Waals surface area (Å²) in [6.45, 7) is 0. The Morgan fingerprint density at radius 2 is 0.850 bits per heavy atom. The van der Waals surface area contributed by atoms with Crippen molar-refractivity contribution >= 4 is 49.6 Å². The molecule has 0 radical (unpaired) electrons. The number of para-hydroxylation sites is 2. The van der Waals surface area contributed by atoms with Crippen LogP contribution in [0, 0.1) is 0 Å². The first-order valence-electron chi connectivity index (χ1n) is 20.3. The van der Waals surface area contributed by atoms with Crippen LogP contribution in [0.5, 0.6) is 0 Å². The summed E-state index contributed by atoms with van der Waals surface area (Å²) in [5.74, 6) is 1.92. The molecule has 0 saturated carbocycles. The third-order valence-electron chi connectivity index (χ3n) is 11.7. The van der Waals surface area contributed by atoms with E-state index in [1.165, 1.54) is 43.8 Å². The maximum absolute atomic E-state index is 5.02. The van der Waals surface area contributed by atoms with E-state index in [9.17, 15) is 0 Å². The molecule has 0 fully saturated rings. The van der Waals surface area contributed by atoms with E-state index in [0.29, 0.717) is 17.5 Å². The molecule has 280 valence electrons. The second kappa shape index (κ2) is 13.8. The summed E-state index contributed by atoms with van der Waals surface area (Å²) in [4.78, 5) is 17.4. The number of hydrogen-bond acceptors (Lipinski definition) is 4. The normalized spacial score (nSPS) is 12.0. The molecule has 0 saturated heterocycles. The van der Waals surface area contributed by atoms with Gasteiger partial charge in [-0.2, -0.15) is 0 Å². The Morgan fingerprint density at radius 3 is 1.50 bits per heavy atom. The summed E-state index contributed by atoms with van der Waals surface area (Å²) in [6, 6.07) is 75.4. The van der Waals surface area contributed by atoms with Gasteiger partial charge in [0.15, 0.2) is 17.5 Å². The van der Waals surface area contributed by atoms with Gasteiger partial charge in [-0.25, -0.2) is 15.0 Å². The van der Waals surface area contributed by atoms with Gasteiger partial charge in [0.1, 0.15) is 0 Å². The number of nitrogens with zero attached hydrogens (tertiary/aromatic N) is 5. The van der Waals surface area contributed by atoms with Crippen molar-refractivity contribution in [2.24, 2.45) is 0 Å². The third-order valence-corrected chi connectivity index (χ3v) is 11.7. The predicted molar refractivity (Wildman–Crippen MR) is 247 cm³/mol. The monoisotopic (exact) mass is 765 g/mol. The first-order chi connectivity index (χ1) is 29.8. The van der Waals surface area contributed by atoms with Gasteiger partial charge in [-0.05, 0) is 88.6 Å². The molecule has 5 nitrogen and oxygen atoms in total. The number of fused-ring (bicyclic) bond motifs is 10. The van der Waals surface area contributed by atoms with Crippen LogP contribution in [0.2, 0.25) is 0 Å². The van der Waals surface area contributed by atoms with Crippen molar-refractivity contribution in [1.82, 2.24) is 19.5 Å². The van der Waals surface area contributed by atoms with Gasteiger partial charge in [0.25, 0.3) is 0 Å². The zero-order valence-corrected chi connectivity index (χ0v) is 32.4. The average Bonchev–Trinajstić information content (AvgIpc) is 3.58. The molecule has 0 bridgehead atoms. The van der Waals surface area contributed by atoms with Gasteiger partial charge < -0.3 is 9.47 Å². The van der Waals surface area contributed by atoms with E-state index in [1.807, 2.05) is 60.7 Å². The first-order valence-corrected chi connectivity index (χ1v) is 20.3. The molecule has 0 unspecified atom stereocenters. The maximum atomic E-state index is 5.02. The highest BCUT2D eigenvalue weighted by molar-refractivity contribution is 6.23. The van der Waals surface area contributed by atoms with Crippen LogP contribution in [0.4, 0.5) is 17.1 Å². The lowest BCUT2D eigenvalue weighted by Gasteiger charge is -2.27. The Balaban J connectivity index is 1.11. The largest absolute Gasteiger partial charge is 0.309 e. The van der Waals surface area contributed by atoms with Crippen LogP contribution in [0.15, 0.2) is 212 Å². The van der Waals surface area contributed by atoms with Crippen LogP contribution >= 0.6 is 0 Å². The molecular formula is C55H35N5. The first kappa shape index (κ1) is 33.9. The summed E-state index contributed by atoms with van der Waals surface area (Å²) < 4.78 is 2.42. The minimum atomic E-state index is 0.630. The van der Waals surface area contributed by atoms with Crippen molar-refractivity contribution in [3.05, 3.63) is 212 Å². The molecule has 3 heterocycles. The van der Waals surface area contributed by atoms with E-state index < -0.39 is 0 Å². The van der Waals surface area contributed by atoms with Crippen LogP contribution in [-0.4, -0.2) is 19.5 Å². The fraction of sp³-hybridized carbons (Fsp3) is 0. The van der Waals surface area contributed by atoms with Crippen molar-refractivity contribution in [3.63, 3.8) is 0 Å². The fourth-order valence-electron chi connectivity index (χ4n) is 9.03. The SMILES string of the molecule is c1ccc(-c2nc(-c3ccccc3)nc(-c3ccc(-n4c5cc6ccccc6cc5c5c6c(ccc54)N(c4ccccc4)c4ccccc4-c4ccccc4-6)cc3)n2)cc1. The van der Waals surface area contributed by atoms with Crippen molar-refractivity contribution < 1.29 is 0 Å². The topological polar surface area (TPSA) is 46.8 Å². The van der Waals surface area contributed by atoms with E-state index in [4.69, 9.17) is 15.0 Å². The van der Waals surface area contributed by atoms with Gasteiger partial charge >= 0.3 is 0 Å². The smallest absolute Gasteiger partial charge is 0.164 e. The van der Waals surface area contributed by atoms with Gasteiger partial charge in [-0.1, -0.05) is 146 Å². The fourth-order valence-corrected chi connectivity index (χ4v) is 9.03. The summed E-state index contributed by atoms with van der Waals surface area (Å²) in [5.41, 5.74) is 14.4. The Hall–Kier alpha value is -8.15. The highest BCUT2D eigenvalue weighted by Gasteiger charge is 2.29. The Morgan fingerprint density at radius 1 is 0.333 bits per heavy atom. The van der Waals surface area contributed by atoms with E-state index in [-0.39, 0.29) is 0 Å². The molecule has 1 aliphatic heterocycles. The molecule has 60 heavy (non-hydrogen) atoms. The summed E-state index contributed by atoms with van der Waals surface area (Å²) in [7, 11) is 0. The van der Waals surface area contributed by atoms with Crippen LogP contribution < -0.4 is 4.90 Å². The predicted octanol–water partition coefficient (Wildman–Crippen LogP) is 14.2. The van der Waals surface area contributed by atoms with E-state index in [0.717, 1.165) is 50.5 Å². The van der Waals surface area contributed by atoms with Crippen molar-refractivity contribution in [3.8, 4) is 62.1 Å². The molecule has 0 aliphatic carbocycles. The number of aromatic nitrogens is 4. The molecule has 5 heteroatoms. The molecular weight excluding hydrogens is 731 g/mol. The molecule has 0 N–H and O–H groups in total. The van der Waals surface area contributed by atoms with Crippen molar-refractivity contribution in [2.75, 3.05) is 4.90 Å². The second-order valence-corrected chi connectivity index (χ2v) is 15.2. The van der Waals surface area contributed by atoms with Crippen LogP contribution in [-0.2, 0) is 0 Å². The molecule has 0 amide bonds. The highest BCUT2D eigenvalue weighted by Crippen LogP contribution is 2.54. The Bertz CT molecular complexity index is 3350. The average molecular weight is 766 g/mol. The number of hydrogen-bond donors (Lipinski definition) is 0. The van der Waals surface area contributed by atoms with Crippen LogP contribution in [0.25, 0.3) is 94.7 Å². The third kappa shape index (κ3) is 5.44. The van der Waals surface area contributed by atoms with E-state index in [1.54, 1.807) is 0 Å². The molecule has 2 aromatic heterocycles. The lowest BCUT2D eigenvalue weighted by Crippen LogP contribution is -2.10. The van der Waals surface area contributed by atoms with Crippen LogP contribution in [0.1, 0.15) is 0 Å². The lowest BCUT2D eigenvalue weighted by molar-refractivity contribution is 1.07. The van der Waals surface area contributed by atoms with Crippen LogP contribution in [0.3, 0.4) is 0 Å². The maximum Gasteiger partial charge on any atom is 0.164 e. The van der Waals surface area contributed by atoms with Gasteiger partial charge in [0, 0.05) is 50.0 Å². The number of rotatable bonds is 5. The highest BCUT2D eigenvalue weighted by atomic mass is 15.2. The molecule has 9 aromatic carbocycles. The van der Waals surface area contributed by atoms with Gasteiger partial charge in [-0.3, -0.25) is 0 Å². The molecule has 11 aromatic rings. The molecule has 12 rings (SSSR count). The van der Waals surface area contributed by atoms with Crippen molar-refractivity contribution in [1.29, 1.82) is 0 Å². The molecule has 0 spiro atoms. The second-order valence-electron chi connectivity index (χ2n) is 15.2. The van der Waals surface area contributed by atoms with Gasteiger partial charge in [0.05, 0.1) is 22.4 Å². The van der Waals surface area contributed by atoms with E-state index >= 15 is 0 Å². The van der Waals surface area contributed by atoms with Crippen molar-refractivity contribution in [2.45, 2.75) is 0 Å². The Kier molecular flexibility index (Phi) is 7.78. The zero-order valence-electron chi connectivity index (χ0n) is 32.4. The zero-order chi connectivity index (χ0) is 39.6. The standard InChI is InChI=1S/C55H35N5/c1-4-16-36(17-5-1)53-56-54(37-18-6-2-7-19-37)58-55(57-53)38-28-30-42(31-29-38)60-49-33-32-48-51(52(49)46-34-39-20-10-11-21-40(39)35-50(46)60)45-26-13-12-24-43(45)44-25-14-15-27-47(44)59(48)41-22-8-3-9-23-41/h1-35H. The molecule has 1 aliphatic rings. The van der Waals surface area contributed by atoms with Gasteiger partial charge in [0.2, 0.25) is 0 Å². The summed E-state index contributed by atoms with van der Waals surface area (Å²) in [6.07, 6.45) is 0. The lowest BCUT2D eigenvalue weighted by atomic mass is 9.91. The van der Waals surface area contributed by atoms with Gasteiger partial charge in [-0.15, -0.1) is 0 Å².